The maximum absolute atomic E-state index is 13.8. The minimum absolute atomic E-state index is 0.208. The third kappa shape index (κ3) is 3.06. The highest BCUT2D eigenvalue weighted by Crippen LogP contribution is 2.26. The molecule has 0 bridgehead atoms. The molecule has 112 valence electrons. The van der Waals surface area contributed by atoms with E-state index in [1.807, 2.05) is 6.07 Å². The fourth-order valence-electron chi connectivity index (χ4n) is 3.30. The molecule has 4 heteroatoms. The molecular formula is C17H21FN2O. The number of rotatable bonds is 5. The highest BCUT2D eigenvalue weighted by molar-refractivity contribution is 5.82. The molecule has 1 aliphatic heterocycles. The number of nitrogens with zero attached hydrogens (tertiary/aromatic N) is 2. The summed E-state index contributed by atoms with van der Waals surface area (Å²) in [6.07, 6.45) is 5.99. The summed E-state index contributed by atoms with van der Waals surface area (Å²) in [6, 6.07) is 7.48. The van der Waals surface area contributed by atoms with E-state index in [0.29, 0.717) is 11.4 Å². The van der Waals surface area contributed by atoms with Gasteiger partial charge in [-0.15, -0.1) is 0 Å². The van der Waals surface area contributed by atoms with Crippen molar-refractivity contribution >= 4 is 10.9 Å². The Morgan fingerprint density at radius 2 is 2.24 bits per heavy atom. The van der Waals surface area contributed by atoms with Crippen LogP contribution in [-0.2, 0) is 6.54 Å². The number of halogens is 1. The van der Waals surface area contributed by atoms with Crippen LogP contribution >= 0.6 is 0 Å². The van der Waals surface area contributed by atoms with Gasteiger partial charge in [0.05, 0.1) is 5.52 Å². The van der Waals surface area contributed by atoms with E-state index in [4.69, 9.17) is 5.11 Å². The molecule has 0 amide bonds. The summed E-state index contributed by atoms with van der Waals surface area (Å²) in [4.78, 5) is 6.81. The van der Waals surface area contributed by atoms with Crippen molar-refractivity contribution in [1.29, 1.82) is 0 Å². The van der Waals surface area contributed by atoms with Gasteiger partial charge in [0.25, 0.3) is 0 Å². The second kappa shape index (κ2) is 6.50. The second-order valence-electron chi connectivity index (χ2n) is 5.74. The summed E-state index contributed by atoms with van der Waals surface area (Å²) in [7, 11) is 0. The fraction of sp³-hybridized carbons (Fsp3) is 0.471. The lowest BCUT2D eigenvalue weighted by Crippen LogP contribution is -2.29. The van der Waals surface area contributed by atoms with E-state index in [1.54, 1.807) is 18.3 Å². The van der Waals surface area contributed by atoms with Crippen LogP contribution in [-0.4, -0.2) is 34.2 Å². The van der Waals surface area contributed by atoms with E-state index in [0.717, 1.165) is 37.0 Å². The fourth-order valence-corrected chi connectivity index (χ4v) is 3.30. The number of hydrogen-bond donors (Lipinski definition) is 1. The van der Waals surface area contributed by atoms with Crippen LogP contribution in [0.4, 0.5) is 4.39 Å². The third-order valence-electron chi connectivity index (χ3n) is 4.37. The Labute approximate surface area is 124 Å². The van der Waals surface area contributed by atoms with Crippen molar-refractivity contribution in [2.45, 2.75) is 38.3 Å². The normalized spacial score (nSPS) is 19.4. The van der Waals surface area contributed by atoms with Crippen LogP contribution in [0.3, 0.4) is 0 Å². The molecule has 1 aliphatic rings. The van der Waals surface area contributed by atoms with Crippen molar-refractivity contribution in [3.05, 3.63) is 41.8 Å². The molecule has 1 N–H and O–H groups in total. The number of pyridine rings is 1. The second-order valence-corrected chi connectivity index (χ2v) is 5.74. The predicted octanol–water partition coefficient (Wildman–Crippen LogP) is 3.11. The highest BCUT2D eigenvalue weighted by atomic mass is 19.1. The van der Waals surface area contributed by atoms with Gasteiger partial charge < -0.3 is 5.11 Å². The van der Waals surface area contributed by atoms with E-state index >= 15 is 0 Å². The number of likely N-dealkylation sites (tertiary alicyclic amines) is 1. The van der Waals surface area contributed by atoms with Gasteiger partial charge in [0.15, 0.2) is 0 Å². The van der Waals surface area contributed by atoms with Gasteiger partial charge in [0.2, 0.25) is 0 Å². The molecule has 0 saturated carbocycles. The van der Waals surface area contributed by atoms with Crippen molar-refractivity contribution in [3.63, 3.8) is 0 Å². The van der Waals surface area contributed by atoms with Gasteiger partial charge >= 0.3 is 0 Å². The molecule has 1 aromatic carbocycles. The molecule has 2 aromatic rings. The number of benzene rings is 1. The van der Waals surface area contributed by atoms with E-state index in [-0.39, 0.29) is 12.4 Å². The Balaban J connectivity index is 1.83. The van der Waals surface area contributed by atoms with E-state index in [1.165, 1.54) is 18.9 Å². The molecule has 3 rings (SSSR count). The average Bonchev–Trinajstić information content (AvgIpc) is 2.95. The van der Waals surface area contributed by atoms with Gasteiger partial charge in [0, 0.05) is 30.8 Å². The number of hydrogen-bond acceptors (Lipinski definition) is 3. The van der Waals surface area contributed by atoms with Crippen molar-refractivity contribution in [2.75, 3.05) is 13.2 Å². The SMILES string of the molecule is OCCCC1CCCN1Cc1ccc(F)c2cccnc12. The lowest BCUT2D eigenvalue weighted by Gasteiger charge is -2.24. The van der Waals surface area contributed by atoms with Crippen LogP contribution in [0.5, 0.6) is 0 Å². The molecule has 1 saturated heterocycles. The molecular weight excluding hydrogens is 267 g/mol. The Bertz CT molecular complexity index is 617. The number of aliphatic hydroxyl groups is 1. The van der Waals surface area contributed by atoms with Crippen LogP contribution in [0.1, 0.15) is 31.2 Å². The Morgan fingerprint density at radius 3 is 3.10 bits per heavy atom. The molecule has 0 spiro atoms. The number of fused-ring (bicyclic) bond motifs is 1. The molecule has 1 atom stereocenters. The zero-order valence-electron chi connectivity index (χ0n) is 12.1. The summed E-state index contributed by atoms with van der Waals surface area (Å²) < 4.78 is 13.8. The predicted molar refractivity (Wildman–Crippen MR) is 81.5 cm³/mol. The van der Waals surface area contributed by atoms with Crippen LogP contribution < -0.4 is 0 Å². The van der Waals surface area contributed by atoms with E-state index < -0.39 is 0 Å². The van der Waals surface area contributed by atoms with Crippen molar-refractivity contribution in [2.24, 2.45) is 0 Å². The lowest BCUT2D eigenvalue weighted by molar-refractivity contribution is 0.210. The van der Waals surface area contributed by atoms with Gasteiger partial charge in [-0.05, 0) is 56.0 Å². The van der Waals surface area contributed by atoms with E-state index in [9.17, 15) is 4.39 Å². The third-order valence-corrected chi connectivity index (χ3v) is 4.37. The van der Waals surface area contributed by atoms with Crippen LogP contribution in [0, 0.1) is 5.82 Å². The smallest absolute Gasteiger partial charge is 0.132 e. The molecule has 1 unspecified atom stereocenters. The minimum Gasteiger partial charge on any atom is -0.396 e. The molecule has 3 nitrogen and oxygen atoms in total. The molecule has 0 aliphatic carbocycles. The Hall–Kier alpha value is -1.52. The van der Waals surface area contributed by atoms with Crippen molar-refractivity contribution in [3.8, 4) is 0 Å². The van der Waals surface area contributed by atoms with Gasteiger partial charge in [-0.25, -0.2) is 4.39 Å². The summed E-state index contributed by atoms with van der Waals surface area (Å²) in [5.74, 6) is -0.208. The maximum atomic E-state index is 13.8. The Kier molecular flexibility index (Phi) is 4.46. The topological polar surface area (TPSA) is 36.4 Å². The summed E-state index contributed by atoms with van der Waals surface area (Å²) in [5, 5.41) is 9.60. The van der Waals surface area contributed by atoms with Crippen LogP contribution in [0.25, 0.3) is 10.9 Å². The van der Waals surface area contributed by atoms with Crippen molar-refractivity contribution in [1.82, 2.24) is 9.88 Å². The zero-order valence-corrected chi connectivity index (χ0v) is 12.1. The maximum Gasteiger partial charge on any atom is 0.132 e. The summed E-state index contributed by atoms with van der Waals surface area (Å²) in [5.41, 5.74) is 1.85. The Morgan fingerprint density at radius 1 is 1.33 bits per heavy atom. The largest absolute Gasteiger partial charge is 0.396 e. The molecule has 1 aromatic heterocycles. The van der Waals surface area contributed by atoms with E-state index in [2.05, 4.69) is 9.88 Å². The van der Waals surface area contributed by atoms with Crippen LogP contribution in [0.2, 0.25) is 0 Å². The first-order chi connectivity index (χ1) is 10.3. The number of aromatic nitrogens is 1. The lowest BCUT2D eigenvalue weighted by atomic mass is 10.1. The minimum atomic E-state index is -0.208. The highest BCUT2D eigenvalue weighted by Gasteiger charge is 2.24. The first-order valence-electron chi connectivity index (χ1n) is 7.66. The first-order valence-corrected chi connectivity index (χ1v) is 7.66. The monoisotopic (exact) mass is 288 g/mol. The average molecular weight is 288 g/mol. The molecule has 21 heavy (non-hydrogen) atoms. The van der Waals surface area contributed by atoms with Gasteiger partial charge in [-0.2, -0.15) is 0 Å². The van der Waals surface area contributed by atoms with Gasteiger partial charge in [-0.3, -0.25) is 9.88 Å². The molecule has 0 radical (unpaired) electrons. The number of aliphatic hydroxyl groups excluding tert-OH is 1. The zero-order chi connectivity index (χ0) is 14.7. The molecule has 1 fully saturated rings. The first kappa shape index (κ1) is 14.4. The summed E-state index contributed by atoms with van der Waals surface area (Å²) in [6.45, 7) is 2.14. The van der Waals surface area contributed by atoms with Crippen molar-refractivity contribution < 1.29 is 9.50 Å². The molecule has 2 heterocycles. The summed E-state index contributed by atoms with van der Waals surface area (Å²) >= 11 is 0. The quantitative estimate of drug-likeness (QED) is 0.918. The van der Waals surface area contributed by atoms with Gasteiger partial charge in [-0.1, -0.05) is 6.07 Å². The standard InChI is InChI=1S/C17H21FN2O/c18-16-8-7-13(17-15(16)6-1-9-19-17)12-20-10-2-4-14(20)5-3-11-21/h1,6-9,14,21H,2-5,10-12H2. The van der Waals surface area contributed by atoms with Gasteiger partial charge in [0.1, 0.15) is 5.82 Å². The van der Waals surface area contributed by atoms with Crippen LogP contribution in [0.15, 0.2) is 30.5 Å².